The molecule has 3 heterocycles. The minimum absolute atomic E-state index is 0.266. The number of nitrogens with zero attached hydrogens (tertiary/aromatic N) is 3. The van der Waals surface area contributed by atoms with Crippen LogP contribution in [0.25, 0.3) is 11.0 Å². The summed E-state index contributed by atoms with van der Waals surface area (Å²) in [7, 11) is 1.58. The van der Waals surface area contributed by atoms with E-state index in [-0.39, 0.29) is 5.82 Å². The fourth-order valence-electron chi connectivity index (χ4n) is 4.97. The van der Waals surface area contributed by atoms with Crippen LogP contribution in [0.2, 0.25) is 0 Å². The minimum atomic E-state index is -0.266. The zero-order valence-electron chi connectivity index (χ0n) is 15.1. The zero-order valence-corrected chi connectivity index (χ0v) is 15.1. The standard InChI is InChI=1S/C20H26FN3O/c1-3-20-9-4-5-14(20)12-24(13-20)10-8-15-16(21)11-22-17-6-7-18(25-2)23-19(15)17/h6-7,11,14H,3-5,8-10,12-13H2,1-2H3. The second-order valence-electron chi connectivity index (χ2n) is 7.60. The van der Waals surface area contributed by atoms with Gasteiger partial charge in [-0.2, -0.15) is 0 Å². The molecule has 1 aliphatic carbocycles. The number of ether oxygens (including phenoxy) is 1. The van der Waals surface area contributed by atoms with E-state index in [0.717, 1.165) is 31.1 Å². The molecule has 5 heteroatoms. The smallest absolute Gasteiger partial charge is 0.213 e. The minimum Gasteiger partial charge on any atom is -0.481 e. The molecule has 25 heavy (non-hydrogen) atoms. The summed E-state index contributed by atoms with van der Waals surface area (Å²) in [6.07, 6.45) is 7.33. The Hall–Kier alpha value is -1.75. The molecule has 1 aliphatic heterocycles. The highest BCUT2D eigenvalue weighted by Gasteiger charge is 2.47. The lowest BCUT2D eigenvalue weighted by atomic mass is 9.78. The summed E-state index contributed by atoms with van der Waals surface area (Å²) in [5, 5.41) is 0. The van der Waals surface area contributed by atoms with Crippen molar-refractivity contribution in [1.29, 1.82) is 0 Å². The van der Waals surface area contributed by atoms with Crippen molar-refractivity contribution < 1.29 is 9.13 Å². The SMILES string of the molecule is CCC12CCCC1CN(CCc1c(F)cnc3ccc(OC)nc13)C2. The van der Waals surface area contributed by atoms with Crippen LogP contribution in [0, 0.1) is 17.2 Å². The topological polar surface area (TPSA) is 38.2 Å². The van der Waals surface area contributed by atoms with Crippen LogP contribution >= 0.6 is 0 Å². The number of aromatic nitrogens is 2. The summed E-state index contributed by atoms with van der Waals surface area (Å²) in [4.78, 5) is 11.1. The molecule has 0 spiro atoms. The van der Waals surface area contributed by atoms with E-state index < -0.39 is 0 Å². The maximum absolute atomic E-state index is 14.4. The van der Waals surface area contributed by atoms with Gasteiger partial charge in [0.1, 0.15) is 5.82 Å². The number of hydrogen-bond acceptors (Lipinski definition) is 4. The second-order valence-corrected chi connectivity index (χ2v) is 7.60. The molecule has 2 unspecified atom stereocenters. The molecule has 4 rings (SSSR count). The van der Waals surface area contributed by atoms with Crippen LogP contribution in [-0.2, 0) is 6.42 Å². The Bertz CT molecular complexity index is 781. The van der Waals surface area contributed by atoms with Crippen molar-refractivity contribution in [2.24, 2.45) is 11.3 Å². The van der Waals surface area contributed by atoms with Gasteiger partial charge in [-0.05, 0) is 43.1 Å². The molecule has 0 aromatic carbocycles. The second kappa shape index (κ2) is 6.52. The molecule has 2 aromatic rings. The molecule has 0 N–H and O–H groups in total. The first kappa shape index (κ1) is 16.7. The summed E-state index contributed by atoms with van der Waals surface area (Å²) in [5.41, 5.74) is 2.52. The molecule has 4 nitrogen and oxygen atoms in total. The Morgan fingerprint density at radius 3 is 3.04 bits per heavy atom. The lowest BCUT2D eigenvalue weighted by Gasteiger charge is -2.27. The highest BCUT2D eigenvalue weighted by atomic mass is 19.1. The molecule has 2 fully saturated rings. The molecular weight excluding hydrogens is 317 g/mol. The molecule has 1 saturated carbocycles. The van der Waals surface area contributed by atoms with Gasteiger partial charge in [-0.3, -0.25) is 4.98 Å². The number of rotatable bonds is 5. The van der Waals surface area contributed by atoms with E-state index in [2.05, 4.69) is 21.8 Å². The van der Waals surface area contributed by atoms with Crippen molar-refractivity contribution in [1.82, 2.24) is 14.9 Å². The van der Waals surface area contributed by atoms with E-state index in [9.17, 15) is 4.39 Å². The number of likely N-dealkylation sites (tertiary alicyclic amines) is 1. The van der Waals surface area contributed by atoms with Crippen LogP contribution in [0.3, 0.4) is 0 Å². The summed E-state index contributed by atoms with van der Waals surface area (Å²) in [6.45, 7) is 5.53. The zero-order chi connectivity index (χ0) is 17.4. The summed E-state index contributed by atoms with van der Waals surface area (Å²) in [6, 6.07) is 3.61. The van der Waals surface area contributed by atoms with Crippen LogP contribution in [0.4, 0.5) is 4.39 Å². The highest BCUT2D eigenvalue weighted by Crippen LogP contribution is 2.50. The van der Waals surface area contributed by atoms with E-state index in [1.165, 1.54) is 31.9 Å². The van der Waals surface area contributed by atoms with Gasteiger partial charge in [0.25, 0.3) is 0 Å². The fraction of sp³-hybridized carbons (Fsp3) is 0.600. The van der Waals surface area contributed by atoms with Gasteiger partial charge in [-0.15, -0.1) is 0 Å². The molecule has 1 saturated heterocycles. The molecule has 2 aliphatic rings. The quantitative estimate of drug-likeness (QED) is 0.827. The van der Waals surface area contributed by atoms with E-state index >= 15 is 0 Å². The molecular formula is C20H26FN3O. The van der Waals surface area contributed by atoms with Gasteiger partial charge in [0.05, 0.1) is 24.3 Å². The number of pyridine rings is 2. The number of hydrogen-bond donors (Lipinski definition) is 0. The van der Waals surface area contributed by atoms with Crippen molar-refractivity contribution in [2.45, 2.75) is 39.0 Å². The lowest BCUT2D eigenvalue weighted by Crippen LogP contribution is -2.28. The van der Waals surface area contributed by atoms with Gasteiger partial charge in [0.2, 0.25) is 5.88 Å². The van der Waals surface area contributed by atoms with Gasteiger partial charge in [0.15, 0.2) is 0 Å². The normalized spacial score (nSPS) is 26.3. The Kier molecular flexibility index (Phi) is 4.36. The monoisotopic (exact) mass is 343 g/mol. The number of methoxy groups -OCH3 is 1. The Labute approximate surface area is 148 Å². The van der Waals surface area contributed by atoms with Crippen LogP contribution in [0.15, 0.2) is 18.3 Å². The first-order valence-electron chi connectivity index (χ1n) is 9.35. The van der Waals surface area contributed by atoms with Crippen molar-refractivity contribution in [3.8, 4) is 5.88 Å². The van der Waals surface area contributed by atoms with Crippen molar-refractivity contribution in [3.05, 3.63) is 29.7 Å². The van der Waals surface area contributed by atoms with E-state index in [4.69, 9.17) is 4.74 Å². The summed E-state index contributed by atoms with van der Waals surface area (Å²) >= 11 is 0. The number of fused-ring (bicyclic) bond motifs is 2. The first-order valence-corrected chi connectivity index (χ1v) is 9.35. The van der Waals surface area contributed by atoms with Gasteiger partial charge in [0, 0.05) is 31.3 Å². The van der Waals surface area contributed by atoms with Crippen LogP contribution in [0.1, 0.15) is 38.2 Å². The van der Waals surface area contributed by atoms with Crippen LogP contribution < -0.4 is 4.74 Å². The van der Waals surface area contributed by atoms with Gasteiger partial charge >= 0.3 is 0 Å². The van der Waals surface area contributed by atoms with E-state index in [1.807, 2.05) is 6.07 Å². The molecule has 134 valence electrons. The molecule has 2 atom stereocenters. The third-order valence-electron chi connectivity index (χ3n) is 6.44. The summed E-state index contributed by atoms with van der Waals surface area (Å²) in [5.74, 6) is 1.06. The maximum Gasteiger partial charge on any atom is 0.213 e. The van der Waals surface area contributed by atoms with Gasteiger partial charge < -0.3 is 9.64 Å². The average Bonchev–Trinajstić information content (AvgIpc) is 3.17. The van der Waals surface area contributed by atoms with Crippen molar-refractivity contribution in [2.75, 3.05) is 26.7 Å². The predicted octanol–water partition coefficient (Wildman–Crippen LogP) is 3.83. The molecule has 0 bridgehead atoms. The highest BCUT2D eigenvalue weighted by molar-refractivity contribution is 5.78. The van der Waals surface area contributed by atoms with Crippen LogP contribution in [-0.4, -0.2) is 41.6 Å². The molecule has 2 aromatic heterocycles. The van der Waals surface area contributed by atoms with E-state index in [1.54, 1.807) is 13.2 Å². The maximum atomic E-state index is 14.4. The van der Waals surface area contributed by atoms with Crippen molar-refractivity contribution >= 4 is 11.0 Å². The van der Waals surface area contributed by atoms with Gasteiger partial charge in [-0.1, -0.05) is 13.3 Å². The van der Waals surface area contributed by atoms with E-state index in [0.29, 0.717) is 28.8 Å². The van der Waals surface area contributed by atoms with Gasteiger partial charge in [-0.25, -0.2) is 9.37 Å². The largest absolute Gasteiger partial charge is 0.481 e. The van der Waals surface area contributed by atoms with Crippen molar-refractivity contribution in [3.63, 3.8) is 0 Å². The number of halogens is 1. The lowest BCUT2D eigenvalue weighted by molar-refractivity contribution is 0.232. The fourth-order valence-corrected chi connectivity index (χ4v) is 4.97. The Balaban J connectivity index is 1.54. The Morgan fingerprint density at radius 2 is 2.28 bits per heavy atom. The third kappa shape index (κ3) is 2.88. The average molecular weight is 343 g/mol. The first-order chi connectivity index (χ1) is 12.1. The third-order valence-corrected chi connectivity index (χ3v) is 6.44. The predicted molar refractivity (Wildman–Crippen MR) is 96.3 cm³/mol. The summed E-state index contributed by atoms with van der Waals surface area (Å²) < 4.78 is 19.6. The molecule has 0 radical (unpaired) electrons. The Morgan fingerprint density at radius 1 is 1.40 bits per heavy atom. The molecule has 0 amide bonds. The van der Waals surface area contributed by atoms with Crippen LogP contribution in [0.5, 0.6) is 5.88 Å².